The van der Waals surface area contributed by atoms with E-state index in [1.165, 1.54) is 53.1 Å². The molecule has 5 aromatic rings. The first-order chi connectivity index (χ1) is 16.1. The average molecular weight is 432 g/mol. The van der Waals surface area contributed by atoms with Crippen molar-refractivity contribution in [2.75, 3.05) is 0 Å². The molecule has 2 heterocycles. The summed E-state index contributed by atoms with van der Waals surface area (Å²) in [4.78, 5) is 0. The lowest BCUT2D eigenvalue weighted by Crippen LogP contribution is -2.31. The van der Waals surface area contributed by atoms with Crippen molar-refractivity contribution in [1.82, 2.24) is 0 Å². The number of nitrogens with zero attached hydrogens (tertiary/aromatic N) is 2. The molecule has 0 aliphatic heterocycles. The predicted octanol–water partition coefficient (Wildman–Crippen LogP) is 7.38. The predicted molar refractivity (Wildman–Crippen MR) is 133 cm³/mol. The van der Waals surface area contributed by atoms with Crippen LogP contribution < -0.4 is 4.57 Å². The highest BCUT2D eigenvalue weighted by molar-refractivity contribution is 6.14. The van der Waals surface area contributed by atoms with Crippen molar-refractivity contribution in [3.05, 3.63) is 77.0 Å². The van der Waals surface area contributed by atoms with Gasteiger partial charge >= 0.3 is 0 Å². The summed E-state index contributed by atoms with van der Waals surface area (Å²) >= 11 is 0. The van der Waals surface area contributed by atoms with Crippen LogP contribution in [-0.4, -0.2) is 0 Å². The highest BCUT2D eigenvalue weighted by atomic mass is 16.3. The van der Waals surface area contributed by atoms with Crippen LogP contribution in [0, 0.1) is 25.2 Å². The van der Waals surface area contributed by atoms with E-state index in [-0.39, 0.29) is 0 Å². The van der Waals surface area contributed by atoms with Crippen LogP contribution in [0.5, 0.6) is 0 Å². The van der Waals surface area contributed by atoms with Gasteiger partial charge in [0.15, 0.2) is 6.20 Å². The molecule has 0 unspecified atom stereocenters. The summed E-state index contributed by atoms with van der Waals surface area (Å²) in [5.41, 5.74) is 8.44. The molecule has 3 aromatic carbocycles. The van der Waals surface area contributed by atoms with Gasteiger partial charge in [-0.2, -0.15) is 5.26 Å². The molecule has 3 heteroatoms. The molecule has 33 heavy (non-hydrogen) atoms. The molecule has 1 saturated carbocycles. The van der Waals surface area contributed by atoms with Crippen LogP contribution in [0.25, 0.3) is 44.0 Å². The van der Waals surface area contributed by atoms with Gasteiger partial charge in [0.05, 0.1) is 22.6 Å². The molecule has 1 aliphatic carbocycles. The summed E-state index contributed by atoms with van der Waals surface area (Å²) in [6.07, 6.45) is 7.45. The molecular formula is C30H27N2O+. The molecule has 0 radical (unpaired) electrons. The van der Waals surface area contributed by atoms with Crippen molar-refractivity contribution in [2.24, 2.45) is 7.05 Å². The average Bonchev–Trinajstić information content (AvgIpc) is 3.49. The number of nitriles is 1. The van der Waals surface area contributed by atoms with Gasteiger partial charge in [-0.3, -0.25) is 0 Å². The smallest absolute Gasteiger partial charge is 0.224 e. The van der Waals surface area contributed by atoms with Crippen molar-refractivity contribution < 1.29 is 8.98 Å². The highest BCUT2D eigenvalue weighted by Crippen LogP contribution is 2.42. The van der Waals surface area contributed by atoms with Gasteiger partial charge in [0, 0.05) is 16.8 Å². The van der Waals surface area contributed by atoms with E-state index in [4.69, 9.17) is 4.42 Å². The maximum Gasteiger partial charge on any atom is 0.224 e. The van der Waals surface area contributed by atoms with Crippen LogP contribution in [0.2, 0.25) is 0 Å². The molecule has 0 spiro atoms. The Bertz CT molecular complexity index is 1610. The van der Waals surface area contributed by atoms with Gasteiger partial charge in [0.1, 0.15) is 18.2 Å². The van der Waals surface area contributed by atoms with E-state index in [1.54, 1.807) is 0 Å². The number of fused-ring (bicyclic) bond motifs is 4. The minimum Gasteiger partial charge on any atom is -0.455 e. The second-order valence-electron chi connectivity index (χ2n) is 9.57. The summed E-state index contributed by atoms with van der Waals surface area (Å²) in [5, 5.41) is 14.2. The largest absolute Gasteiger partial charge is 0.455 e. The molecule has 0 N–H and O–H groups in total. The maximum atomic E-state index is 9.73. The zero-order valence-corrected chi connectivity index (χ0v) is 19.4. The van der Waals surface area contributed by atoms with Gasteiger partial charge in [-0.15, -0.1) is 0 Å². The quantitative estimate of drug-likeness (QED) is 0.274. The third kappa shape index (κ3) is 2.98. The Morgan fingerprint density at radius 2 is 1.82 bits per heavy atom. The fraction of sp³-hybridized carbons (Fsp3) is 0.267. The van der Waals surface area contributed by atoms with E-state index >= 15 is 0 Å². The minimum absolute atomic E-state index is 0.656. The van der Waals surface area contributed by atoms with Crippen LogP contribution in [0.15, 0.2) is 59.1 Å². The second-order valence-corrected chi connectivity index (χ2v) is 9.57. The van der Waals surface area contributed by atoms with Crippen molar-refractivity contribution >= 4 is 32.7 Å². The Balaban J connectivity index is 1.69. The Kier molecular flexibility index (Phi) is 4.52. The number of pyridine rings is 1. The number of aryl methyl sites for hydroxylation is 2. The summed E-state index contributed by atoms with van der Waals surface area (Å²) in [6, 6.07) is 19.5. The zero-order valence-electron chi connectivity index (χ0n) is 19.4. The highest BCUT2D eigenvalue weighted by Gasteiger charge is 2.26. The third-order valence-corrected chi connectivity index (χ3v) is 7.65. The van der Waals surface area contributed by atoms with Crippen molar-refractivity contribution in [2.45, 2.75) is 45.4 Å². The number of furan rings is 1. The summed E-state index contributed by atoms with van der Waals surface area (Å²) < 4.78 is 8.67. The first kappa shape index (κ1) is 20.0. The summed E-state index contributed by atoms with van der Waals surface area (Å²) in [7, 11) is 2.11. The van der Waals surface area contributed by atoms with Crippen LogP contribution in [-0.2, 0) is 7.05 Å². The fourth-order valence-electron chi connectivity index (χ4n) is 5.78. The van der Waals surface area contributed by atoms with E-state index in [9.17, 15) is 5.26 Å². The maximum absolute atomic E-state index is 9.73. The zero-order chi connectivity index (χ0) is 22.7. The Morgan fingerprint density at radius 3 is 2.61 bits per heavy atom. The molecule has 6 rings (SSSR count). The van der Waals surface area contributed by atoms with E-state index in [0.717, 1.165) is 33.2 Å². The van der Waals surface area contributed by atoms with E-state index in [0.29, 0.717) is 11.5 Å². The van der Waals surface area contributed by atoms with Gasteiger partial charge in [-0.25, -0.2) is 4.57 Å². The Morgan fingerprint density at radius 1 is 1.00 bits per heavy atom. The monoisotopic (exact) mass is 431 g/mol. The molecule has 0 atom stereocenters. The van der Waals surface area contributed by atoms with Crippen molar-refractivity contribution in [1.29, 1.82) is 5.26 Å². The number of hydrogen-bond acceptors (Lipinski definition) is 2. The Labute approximate surface area is 193 Å². The molecule has 1 aliphatic rings. The SMILES string of the molecule is Cc1cc2c(oc3cccc(C#N)c32)c(-c2c3ccc(C4CCCC4)cc3cc[n+]2C)c1C. The van der Waals surface area contributed by atoms with Crippen molar-refractivity contribution in [3.63, 3.8) is 0 Å². The molecule has 0 bridgehead atoms. The lowest BCUT2D eigenvalue weighted by Gasteiger charge is -2.13. The Hall–Kier alpha value is -3.64. The normalized spacial score (nSPS) is 14.5. The van der Waals surface area contributed by atoms with Crippen LogP contribution in [0.1, 0.15) is 53.9 Å². The summed E-state index contributed by atoms with van der Waals surface area (Å²) in [5.74, 6) is 0.694. The number of benzene rings is 3. The molecule has 0 saturated heterocycles. The van der Waals surface area contributed by atoms with Gasteiger partial charge in [0.25, 0.3) is 0 Å². The first-order valence-electron chi connectivity index (χ1n) is 11.8. The molecule has 3 nitrogen and oxygen atoms in total. The van der Waals surface area contributed by atoms with E-state index in [1.807, 2.05) is 18.2 Å². The van der Waals surface area contributed by atoms with Crippen LogP contribution >= 0.6 is 0 Å². The van der Waals surface area contributed by atoms with Gasteiger partial charge < -0.3 is 4.42 Å². The molecule has 162 valence electrons. The van der Waals surface area contributed by atoms with Crippen LogP contribution in [0.3, 0.4) is 0 Å². The van der Waals surface area contributed by atoms with Crippen molar-refractivity contribution in [3.8, 4) is 17.3 Å². The van der Waals surface area contributed by atoms with Gasteiger partial charge in [-0.05, 0) is 78.9 Å². The fourth-order valence-corrected chi connectivity index (χ4v) is 5.78. The van der Waals surface area contributed by atoms with Gasteiger partial charge in [0.2, 0.25) is 5.69 Å². The minimum atomic E-state index is 0.656. The summed E-state index contributed by atoms with van der Waals surface area (Å²) in [6.45, 7) is 4.32. The van der Waals surface area contributed by atoms with E-state index < -0.39 is 0 Å². The second kappa shape index (κ2) is 7.46. The lowest BCUT2D eigenvalue weighted by atomic mass is 9.91. The number of hydrogen-bond donors (Lipinski definition) is 0. The number of aromatic nitrogens is 1. The standard InChI is InChI=1S/C30H27N2O/c1-18-15-25-28-23(17-31)9-6-10-26(28)33-30(25)27(19(18)2)29-24-12-11-21(20-7-4-5-8-20)16-22(24)13-14-32(29)3/h6,9-16,20H,4-5,7-8H2,1-3H3/q+1. The first-order valence-corrected chi connectivity index (χ1v) is 11.8. The van der Waals surface area contributed by atoms with Gasteiger partial charge in [-0.1, -0.05) is 31.0 Å². The number of rotatable bonds is 2. The molecule has 2 aromatic heterocycles. The molecule has 0 amide bonds. The van der Waals surface area contributed by atoms with Crippen LogP contribution in [0.4, 0.5) is 0 Å². The topological polar surface area (TPSA) is 40.8 Å². The molecule has 1 fully saturated rings. The molecular weight excluding hydrogens is 404 g/mol. The lowest BCUT2D eigenvalue weighted by molar-refractivity contribution is -0.659. The van der Waals surface area contributed by atoms with E-state index in [2.05, 4.69) is 68.1 Å². The third-order valence-electron chi connectivity index (χ3n) is 7.65.